The molecule has 7 rings (SSSR count). The molecule has 2 aromatic heterocycles. The SMILES string of the molecule is COc1cc(-n2ncc3c(-c4cccc(-c5ccc(C6=NCCN6)c(OC)n5)c4Cl)cccc32)cc(OC)c1CN1CC(C)(C(N)=O)C1. The average Bonchev–Trinajstić information content (AvgIpc) is 3.78. The van der Waals surface area contributed by atoms with Crippen LogP contribution in [0.2, 0.25) is 5.02 Å². The van der Waals surface area contributed by atoms with Crippen molar-refractivity contribution in [3.05, 3.63) is 83.0 Å². The van der Waals surface area contributed by atoms with Gasteiger partial charge in [0.05, 0.1) is 72.5 Å². The quantitative estimate of drug-likeness (QED) is 0.211. The number of ether oxygens (including phenoxy) is 3. The summed E-state index contributed by atoms with van der Waals surface area (Å²) in [5.74, 6) is 2.30. The number of primary amides is 1. The highest BCUT2D eigenvalue weighted by Gasteiger charge is 2.44. The topological polar surface area (TPSA) is 129 Å². The molecule has 0 radical (unpaired) electrons. The van der Waals surface area contributed by atoms with Crippen molar-refractivity contribution in [2.45, 2.75) is 13.5 Å². The number of likely N-dealkylation sites (tertiary alicyclic amines) is 1. The third-order valence-corrected chi connectivity index (χ3v) is 9.53. The Balaban J connectivity index is 1.24. The molecule has 2 aliphatic heterocycles. The molecular weight excluding hydrogens is 630 g/mol. The Morgan fingerprint density at radius 3 is 2.33 bits per heavy atom. The predicted molar refractivity (Wildman–Crippen MR) is 186 cm³/mol. The van der Waals surface area contributed by atoms with E-state index in [0.717, 1.165) is 63.3 Å². The van der Waals surface area contributed by atoms with E-state index in [1.807, 2.05) is 78.5 Å². The maximum atomic E-state index is 11.8. The number of amidine groups is 1. The predicted octanol–water partition coefficient (Wildman–Crippen LogP) is 5.09. The molecule has 0 spiro atoms. The van der Waals surface area contributed by atoms with E-state index in [4.69, 9.17) is 41.6 Å². The summed E-state index contributed by atoms with van der Waals surface area (Å²) in [6.45, 7) is 5.12. The van der Waals surface area contributed by atoms with Crippen molar-refractivity contribution in [3.63, 3.8) is 0 Å². The Hall–Kier alpha value is -5.13. The van der Waals surface area contributed by atoms with Crippen LogP contribution in [0.5, 0.6) is 17.4 Å². The number of aromatic nitrogens is 3. The highest BCUT2D eigenvalue weighted by atomic mass is 35.5. The molecular formula is C36H36ClN7O4. The van der Waals surface area contributed by atoms with Gasteiger partial charge < -0.3 is 25.3 Å². The first-order valence-corrected chi connectivity index (χ1v) is 16.0. The van der Waals surface area contributed by atoms with Crippen LogP contribution < -0.4 is 25.3 Å². The number of rotatable bonds is 10. The van der Waals surface area contributed by atoms with Gasteiger partial charge in [0, 0.05) is 54.8 Å². The highest BCUT2D eigenvalue weighted by Crippen LogP contribution is 2.41. The fourth-order valence-corrected chi connectivity index (χ4v) is 6.94. The van der Waals surface area contributed by atoms with Crippen LogP contribution in [0.1, 0.15) is 18.1 Å². The van der Waals surface area contributed by atoms with Crippen LogP contribution in [0, 0.1) is 5.41 Å². The number of halogens is 1. The van der Waals surface area contributed by atoms with Crippen molar-refractivity contribution < 1.29 is 19.0 Å². The summed E-state index contributed by atoms with van der Waals surface area (Å²) in [6, 6.07) is 19.8. The van der Waals surface area contributed by atoms with Crippen molar-refractivity contribution in [1.29, 1.82) is 0 Å². The summed E-state index contributed by atoms with van der Waals surface area (Å²) in [4.78, 5) is 23.3. The Kier molecular flexibility index (Phi) is 8.18. The fraction of sp³-hybridized carbons (Fsp3) is 0.278. The largest absolute Gasteiger partial charge is 0.496 e. The lowest BCUT2D eigenvalue weighted by atomic mass is 9.81. The lowest BCUT2D eigenvalue weighted by Gasteiger charge is -2.46. The van der Waals surface area contributed by atoms with E-state index in [0.29, 0.717) is 47.7 Å². The van der Waals surface area contributed by atoms with E-state index in [-0.39, 0.29) is 5.91 Å². The van der Waals surface area contributed by atoms with E-state index in [9.17, 15) is 4.79 Å². The lowest BCUT2D eigenvalue weighted by Crippen LogP contribution is -2.60. The first-order chi connectivity index (χ1) is 23.2. The fourth-order valence-electron chi connectivity index (χ4n) is 6.61. The summed E-state index contributed by atoms with van der Waals surface area (Å²) in [5, 5.41) is 9.57. The van der Waals surface area contributed by atoms with Crippen LogP contribution in [-0.2, 0) is 11.3 Å². The normalized spacial score (nSPS) is 15.5. The van der Waals surface area contributed by atoms with E-state index in [1.165, 1.54) is 0 Å². The lowest BCUT2D eigenvalue weighted by molar-refractivity contribution is -0.136. The first-order valence-electron chi connectivity index (χ1n) is 15.6. The zero-order valence-corrected chi connectivity index (χ0v) is 28.0. The maximum absolute atomic E-state index is 11.8. The van der Waals surface area contributed by atoms with Crippen molar-refractivity contribution in [2.75, 3.05) is 47.5 Å². The molecule has 0 atom stereocenters. The van der Waals surface area contributed by atoms with Gasteiger partial charge in [-0.1, -0.05) is 41.9 Å². The highest BCUT2D eigenvalue weighted by molar-refractivity contribution is 6.36. The number of fused-ring (bicyclic) bond motifs is 1. The van der Waals surface area contributed by atoms with Crippen LogP contribution in [-0.4, -0.2) is 78.9 Å². The minimum atomic E-state index is -0.523. The summed E-state index contributed by atoms with van der Waals surface area (Å²) in [6.07, 6.45) is 1.84. The number of benzene rings is 3. The second-order valence-electron chi connectivity index (χ2n) is 12.3. The molecule has 0 saturated carbocycles. The third kappa shape index (κ3) is 5.38. The van der Waals surface area contributed by atoms with Gasteiger partial charge in [-0.3, -0.25) is 14.7 Å². The molecule has 11 nitrogen and oxygen atoms in total. The maximum Gasteiger partial charge on any atom is 0.225 e. The van der Waals surface area contributed by atoms with Crippen molar-refractivity contribution in [1.82, 2.24) is 25.0 Å². The molecule has 1 fully saturated rings. The van der Waals surface area contributed by atoms with Gasteiger partial charge in [-0.15, -0.1) is 0 Å². The molecule has 0 unspecified atom stereocenters. The van der Waals surface area contributed by atoms with Crippen LogP contribution in [0.4, 0.5) is 0 Å². The number of aliphatic imine (C=N–C) groups is 1. The second-order valence-corrected chi connectivity index (χ2v) is 12.6. The summed E-state index contributed by atoms with van der Waals surface area (Å²) in [5.41, 5.74) is 11.7. The van der Waals surface area contributed by atoms with Gasteiger partial charge in [0.25, 0.3) is 0 Å². The summed E-state index contributed by atoms with van der Waals surface area (Å²) >= 11 is 7.15. The Morgan fingerprint density at radius 2 is 1.67 bits per heavy atom. The molecule has 12 heteroatoms. The summed E-state index contributed by atoms with van der Waals surface area (Å²) in [7, 11) is 4.88. The molecule has 3 aromatic carbocycles. The number of carbonyl (C=O) groups is 1. The van der Waals surface area contributed by atoms with Gasteiger partial charge in [0.1, 0.15) is 17.3 Å². The molecule has 2 aliphatic rings. The Morgan fingerprint density at radius 1 is 0.958 bits per heavy atom. The van der Waals surface area contributed by atoms with E-state index < -0.39 is 5.41 Å². The molecule has 0 bridgehead atoms. The molecule has 0 aliphatic carbocycles. The van der Waals surface area contributed by atoms with Crippen molar-refractivity contribution in [3.8, 4) is 45.5 Å². The van der Waals surface area contributed by atoms with Gasteiger partial charge >= 0.3 is 0 Å². The molecule has 246 valence electrons. The van der Waals surface area contributed by atoms with Gasteiger partial charge in [-0.2, -0.15) is 5.10 Å². The van der Waals surface area contributed by atoms with E-state index >= 15 is 0 Å². The van der Waals surface area contributed by atoms with Crippen LogP contribution in [0.15, 0.2) is 71.9 Å². The third-order valence-electron chi connectivity index (χ3n) is 9.12. The zero-order chi connectivity index (χ0) is 33.6. The molecule has 5 aromatic rings. The van der Waals surface area contributed by atoms with Crippen LogP contribution in [0.3, 0.4) is 0 Å². The number of nitrogens with zero attached hydrogens (tertiary/aromatic N) is 5. The van der Waals surface area contributed by atoms with Crippen LogP contribution >= 0.6 is 11.6 Å². The monoisotopic (exact) mass is 665 g/mol. The minimum absolute atomic E-state index is 0.287. The Bertz CT molecular complexity index is 2060. The number of methoxy groups -OCH3 is 3. The standard InChI is InChI=1S/C36H36ClN7O4/c1-36(35(38)45)19-43(20-36)18-27-30(46-2)15-21(16-31(27)47-3)44-29-10-6-7-22(26(29)17-41-44)23-8-5-9-24(32(23)37)28-12-11-25(34(42-28)48-4)33-39-13-14-40-33/h5-12,15-17H,13-14,18-20H2,1-4H3,(H2,38,45)(H,39,40). The van der Waals surface area contributed by atoms with Gasteiger partial charge in [0.15, 0.2) is 0 Å². The first kappa shape index (κ1) is 31.5. The number of amides is 1. The number of hydrogen-bond acceptors (Lipinski definition) is 9. The van der Waals surface area contributed by atoms with E-state index in [1.54, 1.807) is 21.3 Å². The number of hydrogen-bond donors (Lipinski definition) is 2. The molecule has 48 heavy (non-hydrogen) atoms. The number of nitrogens with one attached hydrogen (secondary N) is 1. The van der Waals surface area contributed by atoms with Gasteiger partial charge in [0.2, 0.25) is 11.8 Å². The van der Waals surface area contributed by atoms with Crippen molar-refractivity contribution in [2.24, 2.45) is 16.1 Å². The zero-order valence-electron chi connectivity index (χ0n) is 27.2. The average molecular weight is 666 g/mol. The second kappa shape index (κ2) is 12.5. The van der Waals surface area contributed by atoms with Gasteiger partial charge in [-0.05, 0) is 30.7 Å². The number of carbonyl (C=O) groups excluding carboxylic acids is 1. The minimum Gasteiger partial charge on any atom is -0.496 e. The summed E-state index contributed by atoms with van der Waals surface area (Å²) < 4.78 is 19.2. The number of nitrogens with two attached hydrogens (primary N) is 1. The molecule has 1 amide bonds. The number of pyridine rings is 1. The molecule has 1 saturated heterocycles. The smallest absolute Gasteiger partial charge is 0.225 e. The molecule has 4 heterocycles. The van der Waals surface area contributed by atoms with Gasteiger partial charge in [-0.25, -0.2) is 9.67 Å². The molecule has 3 N–H and O–H groups in total. The van der Waals surface area contributed by atoms with Crippen molar-refractivity contribution >= 4 is 34.2 Å². The Labute approximate surface area is 283 Å². The van der Waals surface area contributed by atoms with E-state index in [2.05, 4.69) is 15.2 Å². The van der Waals surface area contributed by atoms with Crippen LogP contribution in [0.25, 0.3) is 39.0 Å².